The van der Waals surface area contributed by atoms with Gasteiger partial charge in [0.1, 0.15) is 0 Å². The van der Waals surface area contributed by atoms with E-state index >= 15 is 0 Å². The summed E-state index contributed by atoms with van der Waals surface area (Å²) in [5.74, 6) is 0.152. The lowest BCUT2D eigenvalue weighted by Crippen LogP contribution is -2.52. The Labute approximate surface area is 210 Å². The summed E-state index contributed by atoms with van der Waals surface area (Å²) in [5.41, 5.74) is 2.80. The van der Waals surface area contributed by atoms with Crippen molar-refractivity contribution in [3.05, 3.63) is 87.8 Å². The number of hydrogen-bond donors (Lipinski definition) is 0. The summed E-state index contributed by atoms with van der Waals surface area (Å²) in [5, 5.41) is 5.13. The van der Waals surface area contributed by atoms with Crippen LogP contribution in [-0.4, -0.2) is 59.9 Å². The zero-order valence-electron chi connectivity index (χ0n) is 19.7. The SMILES string of the molecule is O=C([C@@H]1CCCN(c2cnn(Cc3ccccc3)c(=O)c2)C1)N1CCN(c2cccc(Cl)c2)CC1. The molecule has 1 amide bonds. The first-order valence-corrected chi connectivity index (χ1v) is 12.6. The Kier molecular flexibility index (Phi) is 7.04. The molecule has 0 N–H and O–H groups in total. The number of hydrogen-bond acceptors (Lipinski definition) is 5. The standard InChI is InChI=1S/C27H30ClN5O2/c28-23-9-4-10-24(16-23)30-12-14-31(15-13-30)27(35)22-8-5-11-32(20-22)25-17-26(34)33(29-18-25)19-21-6-2-1-3-7-21/h1-4,6-7,9-10,16-18,22H,5,8,11-15,19-20H2/t22-/m1/s1. The number of nitrogens with zero attached hydrogens (tertiary/aromatic N) is 5. The minimum absolute atomic E-state index is 0.0618. The van der Waals surface area contributed by atoms with Gasteiger partial charge in [-0.15, -0.1) is 0 Å². The molecule has 0 radical (unpaired) electrons. The van der Waals surface area contributed by atoms with Crippen molar-refractivity contribution in [3.63, 3.8) is 0 Å². The van der Waals surface area contributed by atoms with Crippen molar-refractivity contribution >= 4 is 28.9 Å². The third-order valence-electron chi connectivity index (χ3n) is 6.93. The molecule has 0 aliphatic carbocycles. The predicted octanol–water partition coefficient (Wildman–Crippen LogP) is 3.51. The summed E-state index contributed by atoms with van der Waals surface area (Å²) < 4.78 is 1.48. The minimum atomic E-state index is -0.128. The second kappa shape index (κ2) is 10.5. The Bertz CT molecular complexity index is 1220. The number of piperidine rings is 1. The van der Waals surface area contributed by atoms with Gasteiger partial charge in [-0.2, -0.15) is 5.10 Å². The first kappa shape index (κ1) is 23.4. The number of amides is 1. The lowest BCUT2D eigenvalue weighted by atomic mass is 9.96. The van der Waals surface area contributed by atoms with E-state index < -0.39 is 0 Å². The van der Waals surface area contributed by atoms with Gasteiger partial charge in [0, 0.05) is 56.0 Å². The van der Waals surface area contributed by atoms with Gasteiger partial charge in [0.15, 0.2) is 0 Å². The maximum absolute atomic E-state index is 13.3. The average molecular weight is 492 g/mol. The van der Waals surface area contributed by atoms with Crippen LogP contribution in [0.5, 0.6) is 0 Å². The molecule has 2 aromatic carbocycles. The highest BCUT2D eigenvalue weighted by Crippen LogP contribution is 2.25. The lowest BCUT2D eigenvalue weighted by Gasteiger charge is -2.40. The third-order valence-corrected chi connectivity index (χ3v) is 7.17. The topological polar surface area (TPSA) is 61.7 Å². The van der Waals surface area contributed by atoms with Gasteiger partial charge in [0.25, 0.3) is 5.56 Å². The van der Waals surface area contributed by atoms with Gasteiger partial charge < -0.3 is 14.7 Å². The van der Waals surface area contributed by atoms with Crippen molar-refractivity contribution < 1.29 is 4.79 Å². The molecule has 2 saturated heterocycles. The van der Waals surface area contributed by atoms with Crippen molar-refractivity contribution in [2.75, 3.05) is 49.1 Å². The van der Waals surface area contributed by atoms with Crippen LogP contribution in [0.4, 0.5) is 11.4 Å². The first-order chi connectivity index (χ1) is 17.1. The molecule has 3 aromatic rings. The summed E-state index contributed by atoms with van der Waals surface area (Å²) >= 11 is 6.14. The third kappa shape index (κ3) is 5.51. The van der Waals surface area contributed by atoms with E-state index in [2.05, 4.69) is 21.0 Å². The summed E-state index contributed by atoms with van der Waals surface area (Å²) in [6.07, 6.45) is 3.55. The molecule has 2 aliphatic heterocycles. The second-order valence-electron chi connectivity index (χ2n) is 9.27. The van der Waals surface area contributed by atoms with Gasteiger partial charge in [-0.25, -0.2) is 4.68 Å². The lowest BCUT2D eigenvalue weighted by molar-refractivity contribution is -0.136. The molecule has 35 heavy (non-hydrogen) atoms. The Morgan fingerprint density at radius 1 is 0.914 bits per heavy atom. The van der Waals surface area contributed by atoms with E-state index in [1.807, 2.05) is 53.4 Å². The summed E-state index contributed by atoms with van der Waals surface area (Å²) in [7, 11) is 0. The molecule has 0 unspecified atom stereocenters. The molecule has 2 fully saturated rings. The van der Waals surface area contributed by atoms with Crippen molar-refractivity contribution in [3.8, 4) is 0 Å². The van der Waals surface area contributed by atoms with Crippen molar-refractivity contribution in [2.24, 2.45) is 5.92 Å². The highest BCUT2D eigenvalue weighted by atomic mass is 35.5. The normalized spacial score (nSPS) is 18.5. The van der Waals surface area contributed by atoms with Crippen molar-refractivity contribution in [2.45, 2.75) is 19.4 Å². The number of benzene rings is 2. The number of piperazine rings is 1. The Hall–Kier alpha value is -3.32. The molecular formula is C27H30ClN5O2. The maximum Gasteiger partial charge on any atom is 0.269 e. The number of carbonyl (C=O) groups is 1. The van der Waals surface area contributed by atoms with Crippen LogP contribution in [0, 0.1) is 5.92 Å². The van der Waals surface area contributed by atoms with E-state index in [9.17, 15) is 9.59 Å². The van der Waals surface area contributed by atoms with E-state index in [-0.39, 0.29) is 17.4 Å². The predicted molar refractivity (Wildman–Crippen MR) is 139 cm³/mol. The van der Waals surface area contributed by atoms with Crippen LogP contribution in [0.2, 0.25) is 5.02 Å². The number of anilines is 2. The number of carbonyl (C=O) groups excluding carboxylic acids is 1. The Morgan fingerprint density at radius 3 is 2.46 bits per heavy atom. The summed E-state index contributed by atoms with van der Waals surface area (Å²) in [4.78, 5) is 32.4. The summed E-state index contributed by atoms with van der Waals surface area (Å²) in [6.45, 7) is 4.91. The number of rotatable bonds is 5. The van der Waals surface area contributed by atoms with Gasteiger partial charge in [-0.05, 0) is 36.6 Å². The van der Waals surface area contributed by atoms with Crippen LogP contribution < -0.4 is 15.4 Å². The summed E-state index contributed by atoms with van der Waals surface area (Å²) in [6, 6.07) is 19.3. The zero-order chi connectivity index (χ0) is 24.2. The molecule has 0 bridgehead atoms. The minimum Gasteiger partial charge on any atom is -0.369 e. The highest BCUT2D eigenvalue weighted by molar-refractivity contribution is 6.30. The van der Waals surface area contributed by atoms with Gasteiger partial charge in [0.05, 0.1) is 24.3 Å². The molecule has 3 heterocycles. The maximum atomic E-state index is 13.3. The van der Waals surface area contributed by atoms with Gasteiger partial charge in [0.2, 0.25) is 5.91 Å². The molecule has 8 heteroatoms. The largest absolute Gasteiger partial charge is 0.369 e. The van der Waals surface area contributed by atoms with Crippen molar-refractivity contribution in [1.29, 1.82) is 0 Å². The monoisotopic (exact) mass is 491 g/mol. The zero-order valence-corrected chi connectivity index (χ0v) is 20.5. The van der Waals surface area contributed by atoms with E-state index in [1.54, 1.807) is 12.3 Å². The smallest absolute Gasteiger partial charge is 0.269 e. The van der Waals surface area contributed by atoms with E-state index in [0.29, 0.717) is 26.2 Å². The van der Waals surface area contributed by atoms with E-state index in [1.165, 1.54) is 4.68 Å². The molecule has 5 rings (SSSR count). The fourth-order valence-electron chi connectivity index (χ4n) is 5.00. The van der Waals surface area contributed by atoms with Gasteiger partial charge >= 0.3 is 0 Å². The van der Waals surface area contributed by atoms with Crippen LogP contribution in [0.1, 0.15) is 18.4 Å². The fraction of sp³-hybridized carbons (Fsp3) is 0.370. The number of aromatic nitrogens is 2. The first-order valence-electron chi connectivity index (χ1n) is 12.2. The average Bonchev–Trinajstić information content (AvgIpc) is 2.90. The molecule has 1 atom stereocenters. The fourth-order valence-corrected chi connectivity index (χ4v) is 5.19. The molecule has 1 aromatic heterocycles. The number of halogens is 1. The van der Waals surface area contributed by atoms with Crippen LogP contribution in [0.25, 0.3) is 0 Å². The van der Waals surface area contributed by atoms with Crippen LogP contribution in [0.3, 0.4) is 0 Å². The van der Waals surface area contributed by atoms with E-state index in [0.717, 1.165) is 54.4 Å². The van der Waals surface area contributed by atoms with E-state index in [4.69, 9.17) is 11.6 Å². The molecule has 182 valence electrons. The van der Waals surface area contributed by atoms with Crippen LogP contribution >= 0.6 is 11.6 Å². The van der Waals surface area contributed by atoms with Crippen LogP contribution in [-0.2, 0) is 11.3 Å². The molecule has 0 spiro atoms. The molecule has 0 saturated carbocycles. The van der Waals surface area contributed by atoms with Crippen LogP contribution in [0.15, 0.2) is 71.7 Å². The molecule has 7 nitrogen and oxygen atoms in total. The highest BCUT2D eigenvalue weighted by Gasteiger charge is 2.31. The second-order valence-corrected chi connectivity index (χ2v) is 9.71. The molecular weight excluding hydrogens is 462 g/mol. The molecule has 2 aliphatic rings. The Morgan fingerprint density at radius 2 is 1.71 bits per heavy atom. The quantitative estimate of drug-likeness (QED) is 0.546. The van der Waals surface area contributed by atoms with Crippen molar-refractivity contribution in [1.82, 2.24) is 14.7 Å². The van der Waals surface area contributed by atoms with Gasteiger partial charge in [-0.1, -0.05) is 48.0 Å². The van der Waals surface area contributed by atoms with Gasteiger partial charge in [-0.3, -0.25) is 9.59 Å². The Balaban J connectivity index is 1.19.